The molecule has 2 atom stereocenters. The van der Waals surface area contributed by atoms with Gasteiger partial charge in [0, 0.05) is 11.6 Å². The second-order valence-electron chi connectivity index (χ2n) is 6.61. The van der Waals surface area contributed by atoms with Crippen molar-refractivity contribution in [1.29, 1.82) is 0 Å². The molecule has 1 heterocycles. The average molecular weight is 268 g/mol. The number of ether oxygens (including phenoxy) is 1. The minimum atomic E-state index is -0.452. The van der Waals surface area contributed by atoms with Crippen LogP contribution >= 0.6 is 0 Å². The molecule has 0 radical (unpaired) electrons. The molecule has 1 saturated carbocycles. The summed E-state index contributed by atoms with van der Waals surface area (Å²) in [6, 6.07) is 0.510. The summed E-state index contributed by atoms with van der Waals surface area (Å²) >= 11 is 0. The van der Waals surface area contributed by atoms with Crippen LogP contribution in [0.2, 0.25) is 0 Å². The van der Waals surface area contributed by atoms with E-state index in [1.165, 1.54) is 26.5 Å². The number of carbonyl (C=O) groups is 1. The number of nitrogens with one attached hydrogen (secondary N) is 1. The van der Waals surface area contributed by atoms with Crippen molar-refractivity contribution in [2.24, 2.45) is 0 Å². The Morgan fingerprint density at radius 2 is 2.16 bits per heavy atom. The minimum absolute atomic E-state index is 0.0890. The molecule has 1 aliphatic heterocycles. The molecule has 0 spiro atoms. The van der Waals surface area contributed by atoms with Gasteiger partial charge < -0.3 is 10.1 Å². The number of nitrogens with zero attached hydrogens (tertiary/aromatic N) is 1. The molecular formula is C15H28N2O2. The second kappa shape index (κ2) is 5.41. The number of rotatable bonds is 4. The highest BCUT2D eigenvalue weighted by atomic mass is 16.5. The SMILES string of the molecule is CCNC1(C(=O)OC)CCC(N2CCCC2(C)C)C1. The number of likely N-dealkylation sites (N-methyl/N-ethyl adjacent to an activating group) is 1. The fraction of sp³-hybridized carbons (Fsp3) is 0.933. The zero-order valence-corrected chi connectivity index (χ0v) is 12.8. The molecule has 4 nitrogen and oxygen atoms in total. The summed E-state index contributed by atoms with van der Waals surface area (Å²) in [7, 11) is 1.49. The molecule has 2 aliphatic rings. The van der Waals surface area contributed by atoms with Crippen molar-refractivity contribution in [2.75, 3.05) is 20.2 Å². The van der Waals surface area contributed by atoms with Crippen molar-refractivity contribution in [3.63, 3.8) is 0 Å². The van der Waals surface area contributed by atoms with Gasteiger partial charge in [-0.25, -0.2) is 0 Å². The van der Waals surface area contributed by atoms with Gasteiger partial charge in [0.25, 0.3) is 0 Å². The van der Waals surface area contributed by atoms with Crippen molar-refractivity contribution >= 4 is 5.97 Å². The van der Waals surface area contributed by atoms with Gasteiger partial charge in [0.15, 0.2) is 0 Å². The lowest BCUT2D eigenvalue weighted by molar-refractivity contribution is -0.148. The Labute approximate surface area is 116 Å². The van der Waals surface area contributed by atoms with E-state index in [0.29, 0.717) is 6.04 Å². The number of likely N-dealkylation sites (tertiary alicyclic amines) is 1. The Morgan fingerprint density at radius 1 is 1.42 bits per heavy atom. The van der Waals surface area contributed by atoms with Crippen LogP contribution in [0.1, 0.15) is 52.9 Å². The number of esters is 1. The monoisotopic (exact) mass is 268 g/mol. The first-order valence-electron chi connectivity index (χ1n) is 7.55. The fourth-order valence-corrected chi connectivity index (χ4v) is 4.04. The quantitative estimate of drug-likeness (QED) is 0.791. The van der Waals surface area contributed by atoms with Gasteiger partial charge in [0.1, 0.15) is 5.54 Å². The topological polar surface area (TPSA) is 41.6 Å². The lowest BCUT2D eigenvalue weighted by Crippen LogP contribution is -2.53. The Bertz CT molecular complexity index is 343. The van der Waals surface area contributed by atoms with E-state index < -0.39 is 5.54 Å². The molecule has 1 N–H and O–H groups in total. The fourth-order valence-electron chi connectivity index (χ4n) is 4.04. The highest BCUT2D eigenvalue weighted by molar-refractivity contribution is 5.81. The third kappa shape index (κ3) is 2.65. The molecule has 1 aliphatic carbocycles. The molecule has 2 fully saturated rings. The molecule has 4 heteroatoms. The van der Waals surface area contributed by atoms with E-state index in [9.17, 15) is 4.79 Å². The van der Waals surface area contributed by atoms with Gasteiger partial charge in [-0.3, -0.25) is 9.69 Å². The Kier molecular flexibility index (Phi) is 4.21. The molecule has 19 heavy (non-hydrogen) atoms. The van der Waals surface area contributed by atoms with Crippen LogP contribution in [-0.2, 0) is 9.53 Å². The molecule has 110 valence electrons. The van der Waals surface area contributed by atoms with Crippen LogP contribution in [0, 0.1) is 0 Å². The molecule has 1 saturated heterocycles. The van der Waals surface area contributed by atoms with E-state index in [-0.39, 0.29) is 11.5 Å². The zero-order chi connectivity index (χ0) is 14.1. The van der Waals surface area contributed by atoms with E-state index >= 15 is 0 Å². The van der Waals surface area contributed by atoms with Crippen molar-refractivity contribution in [3.05, 3.63) is 0 Å². The van der Waals surface area contributed by atoms with Crippen LogP contribution in [0.4, 0.5) is 0 Å². The molecule has 0 bridgehead atoms. The van der Waals surface area contributed by atoms with Crippen LogP contribution in [0.5, 0.6) is 0 Å². The molecule has 0 amide bonds. The summed E-state index contributed by atoms with van der Waals surface area (Å²) in [6.45, 7) is 8.68. The number of hydrogen-bond acceptors (Lipinski definition) is 4. The molecular weight excluding hydrogens is 240 g/mol. The van der Waals surface area contributed by atoms with Crippen LogP contribution in [0.15, 0.2) is 0 Å². The molecule has 0 aromatic carbocycles. The van der Waals surface area contributed by atoms with Gasteiger partial charge >= 0.3 is 5.97 Å². The maximum absolute atomic E-state index is 12.1. The van der Waals surface area contributed by atoms with Gasteiger partial charge in [-0.2, -0.15) is 0 Å². The number of carbonyl (C=O) groups excluding carboxylic acids is 1. The van der Waals surface area contributed by atoms with Crippen LogP contribution < -0.4 is 5.32 Å². The van der Waals surface area contributed by atoms with E-state index in [4.69, 9.17) is 4.74 Å². The maximum Gasteiger partial charge on any atom is 0.326 e. The van der Waals surface area contributed by atoms with E-state index in [2.05, 4.69) is 31.0 Å². The minimum Gasteiger partial charge on any atom is -0.468 e. The molecule has 0 aromatic heterocycles. The largest absolute Gasteiger partial charge is 0.468 e. The number of methoxy groups -OCH3 is 1. The summed E-state index contributed by atoms with van der Waals surface area (Å²) in [5, 5.41) is 3.39. The summed E-state index contributed by atoms with van der Waals surface area (Å²) < 4.78 is 5.03. The standard InChI is InChI=1S/C15H28N2O2/c1-5-16-15(13(18)19-4)9-7-12(11-15)17-10-6-8-14(17,2)3/h12,16H,5-11H2,1-4H3. The molecule has 2 unspecified atom stereocenters. The Morgan fingerprint density at radius 3 is 2.68 bits per heavy atom. The normalized spacial score (nSPS) is 34.6. The van der Waals surface area contributed by atoms with Crippen molar-refractivity contribution in [3.8, 4) is 0 Å². The zero-order valence-electron chi connectivity index (χ0n) is 12.8. The lowest BCUT2D eigenvalue weighted by atomic mass is 9.95. The first kappa shape index (κ1) is 14.8. The van der Waals surface area contributed by atoms with Crippen LogP contribution in [0.3, 0.4) is 0 Å². The molecule has 0 aromatic rings. The highest BCUT2D eigenvalue weighted by Crippen LogP contribution is 2.40. The number of hydrogen-bond donors (Lipinski definition) is 1. The van der Waals surface area contributed by atoms with Gasteiger partial charge in [0.05, 0.1) is 7.11 Å². The second-order valence-corrected chi connectivity index (χ2v) is 6.61. The van der Waals surface area contributed by atoms with E-state index in [1.54, 1.807) is 0 Å². The molecule has 2 rings (SSSR count). The van der Waals surface area contributed by atoms with Crippen molar-refractivity contribution in [1.82, 2.24) is 10.2 Å². The van der Waals surface area contributed by atoms with Crippen molar-refractivity contribution < 1.29 is 9.53 Å². The van der Waals surface area contributed by atoms with Gasteiger partial charge in [-0.1, -0.05) is 6.92 Å². The summed E-state index contributed by atoms with van der Waals surface area (Å²) in [5.74, 6) is -0.0890. The first-order valence-corrected chi connectivity index (χ1v) is 7.55. The summed E-state index contributed by atoms with van der Waals surface area (Å²) in [5.41, 5.74) is -0.171. The highest BCUT2D eigenvalue weighted by Gasteiger charge is 2.49. The predicted molar refractivity (Wildman–Crippen MR) is 76.1 cm³/mol. The van der Waals surface area contributed by atoms with E-state index in [1.807, 2.05) is 0 Å². The third-order valence-corrected chi connectivity index (χ3v) is 4.99. The maximum atomic E-state index is 12.1. The van der Waals surface area contributed by atoms with Gasteiger partial charge in [0.2, 0.25) is 0 Å². The third-order valence-electron chi connectivity index (χ3n) is 4.99. The predicted octanol–water partition coefficient (Wildman–Crippen LogP) is 1.93. The average Bonchev–Trinajstić information content (AvgIpc) is 2.93. The first-order chi connectivity index (χ1) is 8.95. The van der Waals surface area contributed by atoms with E-state index in [0.717, 1.165) is 25.8 Å². The van der Waals surface area contributed by atoms with Crippen molar-refractivity contribution in [2.45, 2.75) is 70.0 Å². The van der Waals surface area contributed by atoms with Gasteiger partial charge in [-0.15, -0.1) is 0 Å². The Balaban J connectivity index is 2.10. The Hall–Kier alpha value is -0.610. The smallest absolute Gasteiger partial charge is 0.326 e. The summed E-state index contributed by atoms with van der Waals surface area (Å²) in [4.78, 5) is 14.8. The van der Waals surface area contributed by atoms with Crippen LogP contribution in [0.25, 0.3) is 0 Å². The van der Waals surface area contributed by atoms with Gasteiger partial charge in [-0.05, 0) is 59.0 Å². The van der Waals surface area contributed by atoms with Crippen LogP contribution in [-0.4, -0.2) is 48.2 Å². The summed E-state index contributed by atoms with van der Waals surface area (Å²) in [6.07, 6.45) is 5.40. The lowest BCUT2D eigenvalue weighted by Gasteiger charge is -2.37.